The van der Waals surface area contributed by atoms with Gasteiger partial charge in [0.25, 0.3) is 0 Å². The van der Waals surface area contributed by atoms with Crippen LogP contribution in [0.3, 0.4) is 0 Å². The van der Waals surface area contributed by atoms with Crippen molar-refractivity contribution in [3.8, 4) is 0 Å². The maximum Gasteiger partial charge on any atom is 0.0570 e. The second-order valence-electron chi connectivity index (χ2n) is 4.03. The highest BCUT2D eigenvalue weighted by atomic mass is 16.3. The molecule has 0 radical (unpaired) electrons. The minimum atomic E-state index is -0.00120. The zero-order valence-corrected chi connectivity index (χ0v) is 7.71. The van der Waals surface area contributed by atoms with Gasteiger partial charge in [-0.05, 0) is 31.1 Å². The van der Waals surface area contributed by atoms with Crippen molar-refractivity contribution in [3.05, 3.63) is 0 Å². The van der Waals surface area contributed by atoms with Gasteiger partial charge in [0.1, 0.15) is 0 Å². The van der Waals surface area contributed by atoms with E-state index in [2.05, 4.69) is 13.8 Å². The summed E-state index contributed by atoms with van der Waals surface area (Å²) < 4.78 is 0. The van der Waals surface area contributed by atoms with E-state index >= 15 is 0 Å². The van der Waals surface area contributed by atoms with Crippen LogP contribution >= 0.6 is 0 Å². The molecule has 0 saturated heterocycles. The van der Waals surface area contributed by atoms with Gasteiger partial charge >= 0.3 is 0 Å². The lowest BCUT2D eigenvalue weighted by Gasteiger charge is -2.31. The highest BCUT2D eigenvalue weighted by Gasteiger charge is 2.25. The van der Waals surface area contributed by atoms with Crippen LogP contribution in [0.2, 0.25) is 0 Å². The maximum absolute atomic E-state index is 9.67. The van der Waals surface area contributed by atoms with Crippen LogP contribution in [-0.4, -0.2) is 11.2 Å². The molecule has 1 aliphatic rings. The molecule has 3 unspecified atom stereocenters. The summed E-state index contributed by atoms with van der Waals surface area (Å²) in [6.07, 6.45) is 6.03. The van der Waals surface area contributed by atoms with Gasteiger partial charge in [-0.2, -0.15) is 0 Å². The number of hydrogen-bond acceptors (Lipinski definition) is 1. The van der Waals surface area contributed by atoms with E-state index in [4.69, 9.17) is 0 Å². The van der Waals surface area contributed by atoms with E-state index in [0.717, 1.165) is 12.3 Å². The van der Waals surface area contributed by atoms with Gasteiger partial charge in [-0.15, -0.1) is 0 Å². The number of aliphatic hydroxyl groups excluding tert-OH is 1. The topological polar surface area (TPSA) is 20.2 Å². The summed E-state index contributed by atoms with van der Waals surface area (Å²) in [5.41, 5.74) is 0. The van der Waals surface area contributed by atoms with Gasteiger partial charge in [-0.3, -0.25) is 0 Å². The Labute approximate surface area is 69.8 Å². The summed E-state index contributed by atoms with van der Waals surface area (Å²) in [6.45, 7) is 4.44. The van der Waals surface area contributed by atoms with E-state index in [-0.39, 0.29) is 6.10 Å². The van der Waals surface area contributed by atoms with Gasteiger partial charge in [-0.25, -0.2) is 0 Å². The third-order valence-electron chi connectivity index (χ3n) is 2.88. The Morgan fingerprint density at radius 1 is 1.36 bits per heavy atom. The molecule has 1 aliphatic carbocycles. The fourth-order valence-corrected chi connectivity index (χ4v) is 2.12. The van der Waals surface area contributed by atoms with Crippen molar-refractivity contribution in [2.24, 2.45) is 11.8 Å². The molecule has 1 heteroatoms. The van der Waals surface area contributed by atoms with E-state index in [0.29, 0.717) is 5.92 Å². The molecule has 0 spiro atoms. The summed E-state index contributed by atoms with van der Waals surface area (Å²) >= 11 is 0. The first-order chi connectivity index (χ1) is 5.24. The lowest BCUT2D eigenvalue weighted by Crippen LogP contribution is -2.28. The van der Waals surface area contributed by atoms with Crippen molar-refractivity contribution in [3.63, 3.8) is 0 Å². The fourth-order valence-electron chi connectivity index (χ4n) is 2.12. The zero-order chi connectivity index (χ0) is 8.27. The molecular formula is C10H20O. The largest absolute Gasteiger partial charge is 0.393 e. The smallest absolute Gasteiger partial charge is 0.0570 e. The van der Waals surface area contributed by atoms with E-state index in [1.54, 1.807) is 0 Å². The van der Waals surface area contributed by atoms with E-state index in [9.17, 15) is 5.11 Å². The Morgan fingerprint density at radius 2 is 2.09 bits per heavy atom. The van der Waals surface area contributed by atoms with Gasteiger partial charge < -0.3 is 5.11 Å². The maximum atomic E-state index is 9.67. The molecular weight excluding hydrogens is 136 g/mol. The molecule has 0 amide bonds. The van der Waals surface area contributed by atoms with Crippen LogP contribution in [0.5, 0.6) is 0 Å². The Kier molecular flexibility index (Phi) is 3.38. The van der Waals surface area contributed by atoms with Crippen LogP contribution in [0.1, 0.15) is 46.0 Å². The first-order valence-electron chi connectivity index (χ1n) is 4.92. The Balaban J connectivity index is 2.31. The molecule has 1 N–H and O–H groups in total. The van der Waals surface area contributed by atoms with Crippen molar-refractivity contribution in [1.82, 2.24) is 0 Å². The summed E-state index contributed by atoms with van der Waals surface area (Å²) in [4.78, 5) is 0. The van der Waals surface area contributed by atoms with Crippen LogP contribution in [0.15, 0.2) is 0 Å². The standard InChI is InChI=1S/C10H20O/c1-3-4-9-6-5-8(2)7-10(9)11/h8-11H,3-7H2,1-2H3. The number of hydrogen-bond donors (Lipinski definition) is 1. The van der Waals surface area contributed by atoms with Gasteiger partial charge in [-0.1, -0.05) is 26.7 Å². The minimum Gasteiger partial charge on any atom is -0.393 e. The van der Waals surface area contributed by atoms with E-state index in [1.807, 2.05) is 0 Å². The summed E-state index contributed by atoms with van der Waals surface area (Å²) in [5.74, 6) is 1.36. The summed E-state index contributed by atoms with van der Waals surface area (Å²) in [7, 11) is 0. The van der Waals surface area contributed by atoms with Crippen molar-refractivity contribution in [2.75, 3.05) is 0 Å². The summed E-state index contributed by atoms with van der Waals surface area (Å²) in [6, 6.07) is 0. The van der Waals surface area contributed by atoms with E-state index in [1.165, 1.54) is 25.7 Å². The predicted molar refractivity (Wildman–Crippen MR) is 47.4 cm³/mol. The summed E-state index contributed by atoms with van der Waals surface area (Å²) in [5, 5.41) is 9.67. The van der Waals surface area contributed by atoms with Crippen LogP contribution in [0.4, 0.5) is 0 Å². The van der Waals surface area contributed by atoms with Crippen LogP contribution in [0, 0.1) is 11.8 Å². The van der Waals surface area contributed by atoms with Crippen molar-refractivity contribution in [2.45, 2.75) is 52.1 Å². The first-order valence-corrected chi connectivity index (χ1v) is 4.92. The molecule has 1 saturated carbocycles. The SMILES string of the molecule is CCCC1CCC(C)CC1O. The van der Waals surface area contributed by atoms with Crippen LogP contribution < -0.4 is 0 Å². The molecule has 1 fully saturated rings. The minimum absolute atomic E-state index is 0.00120. The third-order valence-corrected chi connectivity index (χ3v) is 2.88. The van der Waals surface area contributed by atoms with Gasteiger partial charge in [0.05, 0.1) is 6.10 Å². The second-order valence-corrected chi connectivity index (χ2v) is 4.03. The fraction of sp³-hybridized carbons (Fsp3) is 1.00. The molecule has 3 atom stereocenters. The normalized spacial score (nSPS) is 39.0. The molecule has 0 aliphatic heterocycles. The van der Waals surface area contributed by atoms with Crippen molar-refractivity contribution < 1.29 is 5.11 Å². The molecule has 0 aromatic heterocycles. The average Bonchev–Trinajstić information content (AvgIpc) is 1.95. The highest BCUT2D eigenvalue weighted by molar-refractivity contribution is 4.77. The van der Waals surface area contributed by atoms with Crippen molar-refractivity contribution >= 4 is 0 Å². The molecule has 0 heterocycles. The molecule has 0 aromatic rings. The molecule has 11 heavy (non-hydrogen) atoms. The molecule has 0 bridgehead atoms. The Hall–Kier alpha value is -0.0400. The van der Waals surface area contributed by atoms with Crippen LogP contribution in [0.25, 0.3) is 0 Å². The monoisotopic (exact) mass is 156 g/mol. The van der Waals surface area contributed by atoms with Gasteiger partial charge in [0.15, 0.2) is 0 Å². The Morgan fingerprint density at radius 3 is 2.64 bits per heavy atom. The van der Waals surface area contributed by atoms with Crippen LogP contribution in [-0.2, 0) is 0 Å². The predicted octanol–water partition coefficient (Wildman–Crippen LogP) is 2.58. The second kappa shape index (κ2) is 4.10. The first kappa shape index (κ1) is 9.05. The average molecular weight is 156 g/mol. The Bertz CT molecular complexity index is 111. The zero-order valence-electron chi connectivity index (χ0n) is 7.71. The third kappa shape index (κ3) is 2.48. The van der Waals surface area contributed by atoms with Crippen molar-refractivity contribution in [1.29, 1.82) is 0 Å². The molecule has 1 nitrogen and oxygen atoms in total. The highest BCUT2D eigenvalue weighted by Crippen LogP contribution is 2.31. The number of rotatable bonds is 2. The van der Waals surface area contributed by atoms with E-state index < -0.39 is 0 Å². The van der Waals surface area contributed by atoms with Gasteiger partial charge in [0, 0.05) is 0 Å². The molecule has 66 valence electrons. The molecule has 0 aromatic carbocycles. The number of aliphatic hydroxyl groups is 1. The van der Waals surface area contributed by atoms with Gasteiger partial charge in [0.2, 0.25) is 0 Å². The quantitative estimate of drug-likeness (QED) is 0.651. The lowest BCUT2D eigenvalue weighted by atomic mass is 9.79. The molecule has 1 rings (SSSR count). The lowest BCUT2D eigenvalue weighted by molar-refractivity contribution is 0.0444.